The number of benzene rings is 1. The Morgan fingerprint density at radius 1 is 1.42 bits per heavy atom. The summed E-state index contributed by atoms with van der Waals surface area (Å²) in [7, 11) is 1.60. The van der Waals surface area contributed by atoms with E-state index in [0.29, 0.717) is 17.2 Å². The normalized spacial score (nSPS) is 11.1. The minimum Gasteiger partial charge on any atom is -0.496 e. The predicted molar refractivity (Wildman–Crippen MR) is 79.8 cm³/mol. The third kappa shape index (κ3) is 4.56. The van der Waals surface area contributed by atoms with E-state index >= 15 is 0 Å². The van der Waals surface area contributed by atoms with Crippen LogP contribution in [0.3, 0.4) is 0 Å². The second-order valence-electron chi connectivity index (χ2n) is 5.17. The quantitative estimate of drug-likeness (QED) is 0.587. The van der Waals surface area contributed by atoms with Gasteiger partial charge in [-0.3, -0.25) is 10.3 Å². The third-order valence-corrected chi connectivity index (χ3v) is 3.03. The van der Waals surface area contributed by atoms with Crippen molar-refractivity contribution in [1.29, 1.82) is 5.41 Å². The van der Waals surface area contributed by atoms with Crippen LogP contribution < -0.4 is 10.5 Å². The Morgan fingerprint density at radius 2 is 2.11 bits per heavy atom. The number of hydrogen-bond acceptors (Lipinski definition) is 3. The van der Waals surface area contributed by atoms with Gasteiger partial charge in [0.2, 0.25) is 0 Å². The largest absolute Gasteiger partial charge is 0.496 e. The maximum Gasteiger partial charge on any atom is 0.129 e. The summed E-state index contributed by atoms with van der Waals surface area (Å²) >= 11 is 0. The zero-order chi connectivity index (χ0) is 14.4. The van der Waals surface area contributed by atoms with Gasteiger partial charge < -0.3 is 10.5 Å². The van der Waals surface area contributed by atoms with Crippen molar-refractivity contribution in [2.45, 2.75) is 27.3 Å². The van der Waals surface area contributed by atoms with Crippen LogP contribution in [-0.4, -0.2) is 30.9 Å². The number of amidine groups is 1. The van der Waals surface area contributed by atoms with Crippen LogP contribution in [0, 0.1) is 11.3 Å². The van der Waals surface area contributed by atoms with E-state index < -0.39 is 0 Å². The van der Waals surface area contributed by atoms with Crippen molar-refractivity contribution < 1.29 is 4.74 Å². The summed E-state index contributed by atoms with van der Waals surface area (Å²) in [6.07, 6.45) is 0. The molecule has 4 heteroatoms. The van der Waals surface area contributed by atoms with Gasteiger partial charge in [0.25, 0.3) is 0 Å². The molecule has 1 aromatic carbocycles. The third-order valence-electron chi connectivity index (χ3n) is 3.03. The number of hydrogen-bond donors (Lipinski definition) is 2. The van der Waals surface area contributed by atoms with Crippen molar-refractivity contribution in [1.82, 2.24) is 4.90 Å². The first-order valence-electron chi connectivity index (χ1n) is 6.71. The molecule has 0 unspecified atom stereocenters. The van der Waals surface area contributed by atoms with Crippen molar-refractivity contribution in [2.24, 2.45) is 11.7 Å². The molecule has 0 saturated heterocycles. The Labute approximate surface area is 116 Å². The predicted octanol–water partition coefficient (Wildman–Crippen LogP) is 2.46. The second-order valence-corrected chi connectivity index (χ2v) is 5.17. The molecule has 0 saturated carbocycles. The summed E-state index contributed by atoms with van der Waals surface area (Å²) < 4.78 is 5.22. The van der Waals surface area contributed by atoms with Crippen LogP contribution in [0.5, 0.6) is 5.75 Å². The first kappa shape index (κ1) is 15.5. The van der Waals surface area contributed by atoms with Gasteiger partial charge in [-0.2, -0.15) is 0 Å². The zero-order valence-corrected chi connectivity index (χ0v) is 12.4. The van der Waals surface area contributed by atoms with Crippen LogP contribution in [0.25, 0.3) is 0 Å². The van der Waals surface area contributed by atoms with Gasteiger partial charge in [0.05, 0.1) is 12.7 Å². The lowest BCUT2D eigenvalue weighted by Crippen LogP contribution is -2.27. The van der Waals surface area contributed by atoms with Gasteiger partial charge in [-0.05, 0) is 30.2 Å². The number of nitrogens with one attached hydrogen (secondary N) is 1. The number of nitrogens with zero attached hydrogens (tertiary/aromatic N) is 1. The molecule has 0 radical (unpaired) electrons. The van der Waals surface area contributed by atoms with E-state index in [-0.39, 0.29) is 5.84 Å². The Morgan fingerprint density at radius 3 is 2.58 bits per heavy atom. The molecule has 19 heavy (non-hydrogen) atoms. The van der Waals surface area contributed by atoms with Gasteiger partial charge in [0.1, 0.15) is 11.6 Å². The molecule has 0 aliphatic rings. The highest BCUT2D eigenvalue weighted by Gasteiger charge is 2.10. The lowest BCUT2D eigenvalue weighted by Gasteiger charge is -2.23. The van der Waals surface area contributed by atoms with Crippen LogP contribution >= 0.6 is 0 Å². The van der Waals surface area contributed by atoms with E-state index in [9.17, 15) is 0 Å². The fourth-order valence-corrected chi connectivity index (χ4v) is 2.14. The Balaban J connectivity index is 2.89. The van der Waals surface area contributed by atoms with Gasteiger partial charge in [-0.25, -0.2) is 0 Å². The molecule has 0 aromatic heterocycles. The molecule has 0 atom stereocenters. The summed E-state index contributed by atoms with van der Waals surface area (Å²) in [5, 5.41) is 7.60. The molecule has 0 heterocycles. The summed E-state index contributed by atoms with van der Waals surface area (Å²) in [6.45, 7) is 9.56. The molecule has 0 amide bonds. The number of methoxy groups -OCH3 is 1. The molecule has 0 spiro atoms. The van der Waals surface area contributed by atoms with Crippen LogP contribution in [0.1, 0.15) is 31.9 Å². The molecular formula is C15H25N3O. The molecule has 3 N–H and O–H groups in total. The first-order valence-corrected chi connectivity index (χ1v) is 6.71. The van der Waals surface area contributed by atoms with Gasteiger partial charge in [0.15, 0.2) is 0 Å². The zero-order valence-electron chi connectivity index (χ0n) is 12.4. The average molecular weight is 263 g/mol. The van der Waals surface area contributed by atoms with Gasteiger partial charge in [-0.1, -0.05) is 26.8 Å². The lowest BCUT2D eigenvalue weighted by molar-refractivity contribution is 0.248. The summed E-state index contributed by atoms with van der Waals surface area (Å²) in [4.78, 5) is 2.39. The van der Waals surface area contributed by atoms with Crippen LogP contribution in [-0.2, 0) is 6.54 Å². The molecule has 0 aliphatic carbocycles. The smallest absolute Gasteiger partial charge is 0.129 e. The van der Waals surface area contributed by atoms with Crippen LogP contribution in [0.15, 0.2) is 18.2 Å². The number of nitrogen functional groups attached to an aromatic ring is 1. The summed E-state index contributed by atoms with van der Waals surface area (Å²) in [5.74, 6) is 1.35. The van der Waals surface area contributed by atoms with E-state index in [1.54, 1.807) is 7.11 Å². The molecule has 0 aliphatic heterocycles. The van der Waals surface area contributed by atoms with Crippen molar-refractivity contribution in [3.05, 3.63) is 29.3 Å². The van der Waals surface area contributed by atoms with Gasteiger partial charge in [0, 0.05) is 13.1 Å². The molecule has 1 aromatic rings. The standard InChI is InChI=1S/C15H25N3O/c1-5-18(9-11(2)3)10-12-6-7-14(19-4)13(8-12)15(16)17/h6-8,11H,5,9-10H2,1-4H3,(H3,16,17). The molecule has 0 bridgehead atoms. The molecule has 0 fully saturated rings. The van der Waals surface area contributed by atoms with Crippen molar-refractivity contribution in [3.8, 4) is 5.75 Å². The second kappa shape index (κ2) is 7.14. The number of rotatable bonds is 7. The summed E-state index contributed by atoms with van der Waals surface area (Å²) in [6, 6.07) is 5.87. The Kier molecular flexibility index (Phi) is 5.83. The lowest BCUT2D eigenvalue weighted by atomic mass is 10.1. The number of nitrogens with two attached hydrogens (primary N) is 1. The molecule has 106 valence electrons. The monoisotopic (exact) mass is 263 g/mol. The highest BCUT2D eigenvalue weighted by Crippen LogP contribution is 2.20. The van der Waals surface area contributed by atoms with E-state index in [2.05, 4.69) is 25.7 Å². The van der Waals surface area contributed by atoms with Gasteiger partial charge >= 0.3 is 0 Å². The van der Waals surface area contributed by atoms with Crippen LogP contribution in [0.4, 0.5) is 0 Å². The van der Waals surface area contributed by atoms with Crippen LogP contribution in [0.2, 0.25) is 0 Å². The maximum atomic E-state index is 7.60. The highest BCUT2D eigenvalue weighted by atomic mass is 16.5. The minimum atomic E-state index is 0.0469. The fourth-order valence-electron chi connectivity index (χ4n) is 2.14. The molecular weight excluding hydrogens is 238 g/mol. The topological polar surface area (TPSA) is 62.3 Å². The number of ether oxygens (including phenoxy) is 1. The minimum absolute atomic E-state index is 0.0469. The average Bonchev–Trinajstić information content (AvgIpc) is 2.37. The Bertz CT molecular complexity index is 429. The first-order chi connectivity index (χ1) is 8.97. The van der Waals surface area contributed by atoms with E-state index in [4.69, 9.17) is 15.9 Å². The van der Waals surface area contributed by atoms with E-state index in [1.807, 2.05) is 18.2 Å². The Hall–Kier alpha value is -1.55. The highest BCUT2D eigenvalue weighted by molar-refractivity contribution is 5.97. The van der Waals surface area contributed by atoms with Crippen molar-refractivity contribution in [2.75, 3.05) is 20.2 Å². The molecule has 1 rings (SSSR count). The van der Waals surface area contributed by atoms with E-state index in [1.165, 1.54) is 0 Å². The van der Waals surface area contributed by atoms with E-state index in [0.717, 1.165) is 25.2 Å². The summed E-state index contributed by atoms with van der Waals surface area (Å²) in [5.41, 5.74) is 7.42. The van der Waals surface area contributed by atoms with Gasteiger partial charge in [-0.15, -0.1) is 0 Å². The SMILES string of the molecule is CCN(Cc1ccc(OC)c(C(=N)N)c1)CC(C)C. The van der Waals surface area contributed by atoms with Crippen molar-refractivity contribution >= 4 is 5.84 Å². The van der Waals surface area contributed by atoms with Crippen molar-refractivity contribution in [3.63, 3.8) is 0 Å². The fraction of sp³-hybridized carbons (Fsp3) is 0.533. The maximum absolute atomic E-state index is 7.60. The molecule has 4 nitrogen and oxygen atoms in total.